The summed E-state index contributed by atoms with van der Waals surface area (Å²) in [4.78, 5) is 0. The van der Waals surface area contributed by atoms with E-state index >= 15 is 0 Å². The zero-order chi connectivity index (χ0) is 47.3. The van der Waals surface area contributed by atoms with Gasteiger partial charge in [-0.05, 0) is 40.7 Å². The molecule has 8 heteroatoms. The minimum absolute atomic E-state index is 0.123. The molecule has 1 fully saturated rings. The second-order valence-corrected chi connectivity index (χ2v) is 18.9. The van der Waals surface area contributed by atoms with Crippen molar-refractivity contribution in [2.75, 3.05) is 13.2 Å². The van der Waals surface area contributed by atoms with Crippen molar-refractivity contribution in [3.8, 4) is 0 Å². The summed E-state index contributed by atoms with van der Waals surface area (Å²) in [7, 11) is 0. The first kappa shape index (κ1) is 53.1. The number of rotatable bonds is 34. The fourth-order valence-corrected chi connectivity index (χ4v) is 9.37. The molecule has 5 aromatic carbocycles. The lowest BCUT2D eigenvalue weighted by Crippen LogP contribution is -2.59. The van der Waals surface area contributed by atoms with E-state index in [-0.39, 0.29) is 12.5 Å². The lowest BCUT2D eigenvalue weighted by Gasteiger charge is -2.46. The number of unbranched alkanes of at least 4 members (excludes halogenated alkanes) is 11. The lowest BCUT2D eigenvalue weighted by molar-refractivity contribution is -0.235. The van der Waals surface area contributed by atoms with Crippen molar-refractivity contribution < 1.29 is 33.9 Å². The Hall–Kier alpha value is -4.22. The van der Waals surface area contributed by atoms with Crippen molar-refractivity contribution in [1.29, 1.82) is 0 Å². The Bertz CT molecular complexity index is 1970. The largest absolute Gasteiger partial charge is 0.390 e. The summed E-state index contributed by atoms with van der Waals surface area (Å²) >= 11 is 0. The number of aliphatic hydroxyl groups excluding tert-OH is 2. The molecule has 8 atom stereocenters. The van der Waals surface area contributed by atoms with E-state index in [4.69, 9.17) is 23.7 Å². The summed E-state index contributed by atoms with van der Waals surface area (Å²) in [5.41, 5.74) is 5.35. The highest BCUT2D eigenvalue weighted by Gasteiger charge is 2.48. The van der Waals surface area contributed by atoms with Gasteiger partial charge in [-0.1, -0.05) is 236 Å². The summed E-state index contributed by atoms with van der Waals surface area (Å²) in [6.45, 7) is 4.93. The topological polar surface area (TPSA) is 98.6 Å². The van der Waals surface area contributed by atoms with Crippen LogP contribution in [-0.4, -0.2) is 66.1 Å². The summed E-state index contributed by atoms with van der Waals surface area (Å²) in [6.07, 6.45) is 12.2. The van der Waals surface area contributed by atoms with Crippen LogP contribution in [-0.2, 0) is 56.7 Å². The van der Waals surface area contributed by atoms with E-state index < -0.39 is 42.7 Å². The van der Waals surface area contributed by atoms with E-state index in [1.54, 1.807) is 0 Å². The molecule has 5 aromatic rings. The zero-order valence-corrected chi connectivity index (χ0v) is 40.8. The number of aliphatic hydroxyl groups is 2. The van der Waals surface area contributed by atoms with Gasteiger partial charge in [0.25, 0.3) is 0 Å². The van der Waals surface area contributed by atoms with Gasteiger partial charge in [-0.3, -0.25) is 0 Å². The predicted octanol–water partition coefficient (Wildman–Crippen LogP) is 12.3. The smallest absolute Gasteiger partial charge is 0.113 e. The quantitative estimate of drug-likeness (QED) is 0.0351. The van der Waals surface area contributed by atoms with Crippen molar-refractivity contribution in [2.45, 2.75) is 172 Å². The van der Waals surface area contributed by atoms with Crippen LogP contribution in [0, 0.1) is 5.92 Å². The SMILES string of the molecule is CCCCCCCCCCCCCC[C@@H](O)[C@@H](O)[C@H](CO[C@@H]1CC(COCc2ccccc2)C(OCc2ccccc2)C(OCc2ccccc2)C1OCc1ccccc1)NCc1ccccc1. The molecular formula is C60H81NO7. The van der Waals surface area contributed by atoms with Gasteiger partial charge in [-0.2, -0.15) is 0 Å². The monoisotopic (exact) mass is 928 g/mol. The maximum absolute atomic E-state index is 12.0. The fourth-order valence-electron chi connectivity index (χ4n) is 9.37. The van der Waals surface area contributed by atoms with Crippen LogP contribution in [0.25, 0.3) is 0 Å². The third kappa shape index (κ3) is 19.3. The Morgan fingerprint density at radius 1 is 0.471 bits per heavy atom. The molecule has 0 amide bonds. The molecule has 0 spiro atoms. The minimum atomic E-state index is -1.05. The van der Waals surface area contributed by atoms with Gasteiger partial charge < -0.3 is 39.2 Å². The molecular weight excluding hydrogens is 847 g/mol. The van der Waals surface area contributed by atoms with E-state index in [2.05, 4.69) is 72.9 Å². The molecule has 3 N–H and O–H groups in total. The van der Waals surface area contributed by atoms with Crippen LogP contribution in [0.15, 0.2) is 152 Å². The first-order chi connectivity index (χ1) is 33.6. The zero-order valence-electron chi connectivity index (χ0n) is 40.8. The summed E-state index contributed by atoms with van der Waals surface area (Å²) in [5, 5.41) is 27.1. The van der Waals surface area contributed by atoms with E-state index in [1.807, 2.05) is 91.0 Å². The molecule has 368 valence electrons. The van der Waals surface area contributed by atoms with Crippen molar-refractivity contribution in [1.82, 2.24) is 5.32 Å². The first-order valence-electron chi connectivity index (χ1n) is 25.9. The molecule has 0 aliphatic heterocycles. The number of ether oxygens (including phenoxy) is 5. The van der Waals surface area contributed by atoms with E-state index in [1.165, 1.54) is 57.8 Å². The Morgan fingerprint density at radius 2 is 0.882 bits per heavy atom. The molecule has 6 rings (SSSR count). The highest BCUT2D eigenvalue weighted by molar-refractivity contribution is 5.17. The van der Waals surface area contributed by atoms with E-state index in [0.717, 1.165) is 47.1 Å². The predicted molar refractivity (Wildman–Crippen MR) is 274 cm³/mol. The average molecular weight is 928 g/mol. The number of hydrogen-bond donors (Lipinski definition) is 3. The normalized spacial score (nSPS) is 19.7. The molecule has 0 saturated heterocycles. The third-order valence-electron chi connectivity index (χ3n) is 13.4. The van der Waals surface area contributed by atoms with Crippen LogP contribution in [0.1, 0.15) is 125 Å². The van der Waals surface area contributed by atoms with Gasteiger partial charge in [0.05, 0.1) is 70.1 Å². The highest BCUT2D eigenvalue weighted by atomic mass is 16.6. The minimum Gasteiger partial charge on any atom is -0.390 e. The van der Waals surface area contributed by atoms with Crippen LogP contribution in [0.5, 0.6) is 0 Å². The molecule has 0 bridgehead atoms. The van der Waals surface area contributed by atoms with Gasteiger partial charge in [0, 0.05) is 12.5 Å². The molecule has 68 heavy (non-hydrogen) atoms. The number of nitrogens with one attached hydrogen (secondary N) is 1. The molecule has 0 heterocycles. The second kappa shape index (κ2) is 31.8. The van der Waals surface area contributed by atoms with E-state index in [0.29, 0.717) is 52.4 Å². The standard InChI is InChI=1S/C60H81NO7/c1-2-3-4-5-6-7-8-9-10-11-12-28-39-55(62)57(63)54(61-41-48-29-18-13-19-30-48)47-65-56-40-53(46-64-42-49-31-20-14-21-32-49)58(66-43-50-33-22-15-23-34-50)60(68-45-52-37-26-17-27-38-52)59(56)67-44-51-35-24-16-25-36-51/h13-27,29-38,53-63H,2-12,28,39-47H2,1H3/t53?,54-,55+,56+,57-,58?,59?,60?/m0/s1. The molecule has 4 unspecified atom stereocenters. The molecule has 1 saturated carbocycles. The summed E-state index contributed by atoms with van der Waals surface area (Å²) in [6, 6.07) is 50.5. The average Bonchev–Trinajstić information content (AvgIpc) is 3.38. The van der Waals surface area contributed by atoms with Gasteiger partial charge in [-0.25, -0.2) is 0 Å². The highest BCUT2D eigenvalue weighted by Crippen LogP contribution is 2.36. The Kier molecular flexibility index (Phi) is 24.9. The lowest BCUT2D eigenvalue weighted by atomic mass is 9.80. The van der Waals surface area contributed by atoms with Gasteiger partial charge in [0.2, 0.25) is 0 Å². The Labute approximate surface area is 408 Å². The maximum Gasteiger partial charge on any atom is 0.113 e. The van der Waals surface area contributed by atoms with E-state index in [9.17, 15) is 10.2 Å². The van der Waals surface area contributed by atoms with Crippen molar-refractivity contribution in [3.05, 3.63) is 179 Å². The Balaban J connectivity index is 1.19. The summed E-state index contributed by atoms with van der Waals surface area (Å²) in [5.74, 6) is -0.123. The first-order valence-corrected chi connectivity index (χ1v) is 25.9. The van der Waals surface area contributed by atoms with Crippen LogP contribution >= 0.6 is 0 Å². The van der Waals surface area contributed by atoms with Crippen LogP contribution in [0.4, 0.5) is 0 Å². The maximum atomic E-state index is 12.0. The van der Waals surface area contributed by atoms with Crippen LogP contribution in [0.2, 0.25) is 0 Å². The molecule has 0 radical (unpaired) electrons. The molecule has 1 aliphatic rings. The molecule has 0 aromatic heterocycles. The van der Waals surface area contributed by atoms with Gasteiger partial charge in [0.15, 0.2) is 0 Å². The van der Waals surface area contributed by atoms with Crippen molar-refractivity contribution in [3.63, 3.8) is 0 Å². The number of benzene rings is 5. The second-order valence-electron chi connectivity index (χ2n) is 18.9. The molecule has 1 aliphatic carbocycles. The van der Waals surface area contributed by atoms with Gasteiger partial charge >= 0.3 is 0 Å². The number of hydrogen-bond acceptors (Lipinski definition) is 8. The Morgan fingerprint density at radius 3 is 1.37 bits per heavy atom. The fraction of sp³-hybridized carbons (Fsp3) is 0.500. The van der Waals surface area contributed by atoms with Gasteiger partial charge in [0.1, 0.15) is 12.2 Å². The van der Waals surface area contributed by atoms with Crippen molar-refractivity contribution in [2.24, 2.45) is 5.92 Å². The van der Waals surface area contributed by atoms with Crippen LogP contribution in [0.3, 0.4) is 0 Å². The third-order valence-corrected chi connectivity index (χ3v) is 13.4. The molecule has 8 nitrogen and oxygen atoms in total. The van der Waals surface area contributed by atoms with Gasteiger partial charge in [-0.15, -0.1) is 0 Å². The van der Waals surface area contributed by atoms with Crippen molar-refractivity contribution >= 4 is 0 Å². The summed E-state index contributed by atoms with van der Waals surface area (Å²) < 4.78 is 34.5. The van der Waals surface area contributed by atoms with Crippen LogP contribution < -0.4 is 5.32 Å².